The first-order valence-electron chi connectivity index (χ1n) is 9.00. The number of H-pyrrole nitrogens is 1. The number of nitrogens with zero attached hydrogens (tertiary/aromatic N) is 1. The van der Waals surface area contributed by atoms with Crippen LogP contribution in [0.4, 0.5) is 11.4 Å². The normalized spacial score (nSPS) is 10.2. The minimum absolute atomic E-state index is 0.549. The number of hydrogen-bond acceptors (Lipinski definition) is 3. The lowest BCUT2D eigenvalue weighted by molar-refractivity contribution is 1.06. The van der Waals surface area contributed by atoms with Crippen molar-refractivity contribution in [3.05, 3.63) is 67.8 Å². The number of fused-ring (bicyclic) bond motifs is 1. The highest BCUT2D eigenvalue weighted by Gasteiger charge is 2.07. The van der Waals surface area contributed by atoms with Gasteiger partial charge in [0.15, 0.2) is 10.2 Å². The molecule has 0 aliphatic carbocycles. The molecule has 6 nitrogen and oxygen atoms in total. The third-order valence-corrected chi connectivity index (χ3v) is 4.46. The molecule has 0 unspecified atom stereocenters. The highest BCUT2D eigenvalue weighted by molar-refractivity contribution is 7.80. The van der Waals surface area contributed by atoms with Gasteiger partial charge in [0, 0.05) is 30.0 Å². The van der Waals surface area contributed by atoms with Gasteiger partial charge in [-0.25, -0.2) is 4.98 Å². The van der Waals surface area contributed by atoms with Crippen LogP contribution in [0.3, 0.4) is 0 Å². The molecule has 3 aromatic rings. The van der Waals surface area contributed by atoms with Crippen molar-refractivity contribution in [1.29, 1.82) is 0 Å². The van der Waals surface area contributed by atoms with Gasteiger partial charge >= 0.3 is 0 Å². The van der Waals surface area contributed by atoms with Crippen LogP contribution >= 0.6 is 24.4 Å². The largest absolute Gasteiger partial charge is 0.359 e. The van der Waals surface area contributed by atoms with Crippen LogP contribution in [0, 0.1) is 0 Å². The maximum atomic E-state index is 5.25. The Balaban J connectivity index is 1.71. The number of aromatic amines is 1. The summed E-state index contributed by atoms with van der Waals surface area (Å²) < 4.78 is 0. The lowest BCUT2D eigenvalue weighted by atomic mass is 10.2. The number of imidazole rings is 1. The van der Waals surface area contributed by atoms with Crippen LogP contribution in [0.25, 0.3) is 22.4 Å². The van der Waals surface area contributed by atoms with Gasteiger partial charge in [-0.15, -0.1) is 13.2 Å². The highest BCUT2D eigenvalue weighted by Crippen LogP contribution is 2.24. The van der Waals surface area contributed by atoms with Gasteiger partial charge in [-0.05, 0) is 66.9 Å². The molecule has 148 valence electrons. The first kappa shape index (κ1) is 20.5. The van der Waals surface area contributed by atoms with Gasteiger partial charge in [0.1, 0.15) is 5.82 Å². The van der Waals surface area contributed by atoms with E-state index in [1.165, 1.54) is 0 Å². The summed E-state index contributed by atoms with van der Waals surface area (Å²) in [7, 11) is 0. The molecule has 0 atom stereocenters. The summed E-state index contributed by atoms with van der Waals surface area (Å²) in [6, 6.07) is 13.8. The van der Waals surface area contributed by atoms with Crippen molar-refractivity contribution in [2.24, 2.45) is 0 Å². The quantitative estimate of drug-likeness (QED) is 0.289. The molecular weight excluding hydrogens is 400 g/mol. The topological polar surface area (TPSA) is 76.8 Å². The van der Waals surface area contributed by atoms with Crippen LogP contribution in [-0.4, -0.2) is 33.3 Å². The van der Waals surface area contributed by atoms with Gasteiger partial charge in [0.05, 0.1) is 11.0 Å². The zero-order valence-electron chi connectivity index (χ0n) is 15.8. The molecule has 1 aromatic heterocycles. The van der Waals surface area contributed by atoms with E-state index in [4.69, 9.17) is 24.4 Å². The molecule has 0 radical (unpaired) electrons. The molecule has 0 fully saturated rings. The zero-order chi connectivity index (χ0) is 20.6. The van der Waals surface area contributed by atoms with Crippen LogP contribution in [-0.2, 0) is 0 Å². The van der Waals surface area contributed by atoms with Crippen LogP contribution in [0.5, 0.6) is 0 Å². The third-order valence-electron chi connectivity index (χ3n) is 3.97. The molecule has 2 aromatic carbocycles. The number of anilines is 2. The average molecular weight is 423 g/mol. The van der Waals surface area contributed by atoms with Gasteiger partial charge < -0.3 is 26.3 Å². The number of benzene rings is 2. The molecule has 0 aliphatic rings. The summed E-state index contributed by atoms with van der Waals surface area (Å²) in [5, 5.41) is 13.5. The maximum Gasteiger partial charge on any atom is 0.171 e. The van der Waals surface area contributed by atoms with E-state index in [2.05, 4.69) is 44.4 Å². The lowest BCUT2D eigenvalue weighted by Gasteiger charge is -2.09. The van der Waals surface area contributed by atoms with E-state index in [-0.39, 0.29) is 0 Å². The number of hydrogen-bond donors (Lipinski definition) is 5. The minimum atomic E-state index is 0.549. The molecular formula is C21H22N6S2. The van der Waals surface area contributed by atoms with Crippen molar-refractivity contribution in [1.82, 2.24) is 20.6 Å². The van der Waals surface area contributed by atoms with Crippen LogP contribution in [0.1, 0.15) is 0 Å². The summed E-state index contributed by atoms with van der Waals surface area (Å²) in [6.07, 6.45) is 3.51. The first-order valence-corrected chi connectivity index (χ1v) is 9.82. The van der Waals surface area contributed by atoms with Gasteiger partial charge in [-0.2, -0.15) is 0 Å². The Bertz CT molecular complexity index is 1040. The maximum absolute atomic E-state index is 5.25. The second kappa shape index (κ2) is 9.81. The van der Waals surface area contributed by atoms with Gasteiger partial charge in [0.25, 0.3) is 0 Å². The van der Waals surface area contributed by atoms with Crippen LogP contribution in [0.15, 0.2) is 67.8 Å². The highest BCUT2D eigenvalue weighted by atomic mass is 32.1. The Hall–Kier alpha value is -3.23. The number of aromatic nitrogens is 2. The molecule has 0 spiro atoms. The fraction of sp³-hybridized carbons (Fsp3) is 0.0952. The summed E-state index contributed by atoms with van der Waals surface area (Å²) >= 11 is 10.5. The van der Waals surface area contributed by atoms with Gasteiger partial charge in [-0.3, -0.25) is 0 Å². The summed E-state index contributed by atoms with van der Waals surface area (Å²) in [6.45, 7) is 8.55. The standard InChI is InChI=1S/C21H22N6S2/c1-3-11-22-20(28)24-15-7-5-14(6-8-15)19-26-17-10-9-16(13-18(17)27-19)25-21(29)23-12-4-2/h3-10,13H,1-2,11-12H2,(H,26,27)(H2,22,24,28)(H2,23,25,29). The molecule has 1 heterocycles. The number of rotatable bonds is 7. The van der Waals surface area contributed by atoms with Crippen molar-refractivity contribution in [3.63, 3.8) is 0 Å². The Morgan fingerprint density at radius 1 is 0.897 bits per heavy atom. The third kappa shape index (κ3) is 5.63. The summed E-state index contributed by atoms with van der Waals surface area (Å²) in [4.78, 5) is 8.03. The Labute approximate surface area is 180 Å². The zero-order valence-corrected chi connectivity index (χ0v) is 17.4. The van der Waals surface area contributed by atoms with Crippen molar-refractivity contribution < 1.29 is 0 Å². The van der Waals surface area contributed by atoms with Crippen molar-refractivity contribution in [2.45, 2.75) is 0 Å². The average Bonchev–Trinajstić information content (AvgIpc) is 3.14. The van der Waals surface area contributed by atoms with Crippen molar-refractivity contribution >= 4 is 57.1 Å². The molecule has 0 saturated heterocycles. The van der Waals surface area contributed by atoms with Gasteiger partial charge in [0.2, 0.25) is 0 Å². The smallest absolute Gasteiger partial charge is 0.171 e. The Morgan fingerprint density at radius 3 is 2.10 bits per heavy atom. The van der Waals surface area contributed by atoms with Gasteiger partial charge in [-0.1, -0.05) is 12.2 Å². The fourth-order valence-electron chi connectivity index (χ4n) is 2.62. The molecule has 29 heavy (non-hydrogen) atoms. The predicted molar refractivity (Wildman–Crippen MR) is 130 cm³/mol. The Kier molecular flexibility index (Phi) is 6.94. The van der Waals surface area contributed by atoms with Crippen molar-refractivity contribution in [2.75, 3.05) is 23.7 Å². The van der Waals surface area contributed by atoms with Crippen LogP contribution < -0.4 is 21.3 Å². The van der Waals surface area contributed by atoms with E-state index in [0.717, 1.165) is 33.8 Å². The number of thiocarbonyl (C=S) groups is 2. The molecule has 3 rings (SSSR count). The van der Waals surface area contributed by atoms with Crippen molar-refractivity contribution in [3.8, 4) is 11.4 Å². The van der Waals surface area contributed by atoms with E-state index in [9.17, 15) is 0 Å². The predicted octanol–water partition coefficient (Wildman–Crippen LogP) is 4.17. The molecule has 0 saturated carbocycles. The van der Waals surface area contributed by atoms with E-state index >= 15 is 0 Å². The minimum Gasteiger partial charge on any atom is -0.359 e. The van der Waals surface area contributed by atoms with Crippen LogP contribution in [0.2, 0.25) is 0 Å². The van der Waals surface area contributed by atoms with E-state index in [1.807, 2.05) is 42.5 Å². The Morgan fingerprint density at radius 2 is 1.48 bits per heavy atom. The van der Waals surface area contributed by atoms with E-state index < -0.39 is 0 Å². The summed E-state index contributed by atoms with van der Waals surface area (Å²) in [5.41, 5.74) is 4.57. The molecule has 0 aliphatic heterocycles. The molecule has 0 amide bonds. The molecule has 8 heteroatoms. The molecule has 5 N–H and O–H groups in total. The SMILES string of the molecule is C=CCNC(=S)Nc1ccc(-c2nc3ccc(NC(=S)NCC=C)cc3[nH]2)cc1. The fourth-order valence-corrected chi connectivity index (χ4v) is 3.02. The number of nitrogens with one attached hydrogen (secondary N) is 5. The van der Waals surface area contributed by atoms with E-state index in [0.29, 0.717) is 23.3 Å². The monoisotopic (exact) mass is 422 g/mol. The van der Waals surface area contributed by atoms with E-state index in [1.54, 1.807) is 12.2 Å². The first-order chi connectivity index (χ1) is 14.1. The lowest BCUT2D eigenvalue weighted by Crippen LogP contribution is -2.28. The summed E-state index contributed by atoms with van der Waals surface area (Å²) in [5.74, 6) is 0.795. The molecule has 0 bridgehead atoms. The second-order valence-corrected chi connectivity index (χ2v) is 6.96. The second-order valence-electron chi connectivity index (χ2n) is 6.14.